The summed E-state index contributed by atoms with van der Waals surface area (Å²) in [4.78, 5) is 29.6. The van der Waals surface area contributed by atoms with Gasteiger partial charge < -0.3 is 10.6 Å². The van der Waals surface area contributed by atoms with Crippen LogP contribution in [-0.4, -0.2) is 16.8 Å². The van der Waals surface area contributed by atoms with E-state index >= 15 is 0 Å². The standard InChI is InChI=1S/C22H18IN3O2/c1-15-8-10-17(11-9-15)21(27)26-20(13-16-5-4-12-24-14-16)22(28)25-19-7-3-2-6-18(19)23/h2-14H,1H3,(H,25,28)(H,26,27)/b20-13+. The average Bonchev–Trinajstić information content (AvgIpc) is 2.70. The van der Waals surface area contributed by atoms with Crippen molar-refractivity contribution in [3.05, 3.63) is 99.0 Å². The van der Waals surface area contributed by atoms with Gasteiger partial charge >= 0.3 is 0 Å². The number of nitrogens with one attached hydrogen (secondary N) is 2. The van der Waals surface area contributed by atoms with Gasteiger partial charge in [0.25, 0.3) is 11.8 Å². The third-order valence-electron chi connectivity index (χ3n) is 3.92. The molecule has 0 aliphatic rings. The van der Waals surface area contributed by atoms with E-state index in [1.165, 1.54) is 0 Å². The molecule has 0 aliphatic carbocycles. The lowest BCUT2D eigenvalue weighted by Gasteiger charge is -2.12. The van der Waals surface area contributed by atoms with Crippen molar-refractivity contribution in [3.8, 4) is 0 Å². The molecule has 140 valence electrons. The van der Waals surface area contributed by atoms with Crippen LogP contribution >= 0.6 is 22.6 Å². The molecule has 0 atom stereocenters. The second-order valence-corrected chi connectivity index (χ2v) is 7.26. The molecule has 6 heteroatoms. The molecule has 2 amide bonds. The van der Waals surface area contributed by atoms with Gasteiger partial charge in [-0.3, -0.25) is 14.6 Å². The maximum absolute atomic E-state index is 12.9. The summed E-state index contributed by atoms with van der Waals surface area (Å²) in [7, 11) is 0. The second-order valence-electron chi connectivity index (χ2n) is 6.10. The van der Waals surface area contributed by atoms with E-state index in [2.05, 4.69) is 38.2 Å². The van der Waals surface area contributed by atoms with Crippen LogP contribution in [-0.2, 0) is 4.79 Å². The van der Waals surface area contributed by atoms with Crippen LogP contribution in [0.3, 0.4) is 0 Å². The molecular formula is C22H18IN3O2. The van der Waals surface area contributed by atoms with Crippen molar-refractivity contribution in [2.24, 2.45) is 0 Å². The molecular weight excluding hydrogens is 465 g/mol. The van der Waals surface area contributed by atoms with E-state index < -0.39 is 5.91 Å². The first-order valence-electron chi connectivity index (χ1n) is 8.58. The number of aromatic nitrogens is 1. The normalized spacial score (nSPS) is 11.0. The highest BCUT2D eigenvalue weighted by atomic mass is 127. The third kappa shape index (κ3) is 5.26. The number of carbonyl (C=O) groups excluding carboxylic acids is 2. The Balaban J connectivity index is 1.87. The monoisotopic (exact) mass is 483 g/mol. The molecule has 5 nitrogen and oxygen atoms in total. The molecule has 28 heavy (non-hydrogen) atoms. The van der Waals surface area contributed by atoms with Crippen molar-refractivity contribution in [1.29, 1.82) is 0 Å². The predicted octanol–water partition coefficient (Wildman–Crippen LogP) is 4.40. The number of aryl methyl sites for hydroxylation is 1. The van der Waals surface area contributed by atoms with Gasteiger partial charge in [-0.05, 0) is 71.5 Å². The Bertz CT molecular complexity index is 1020. The van der Waals surface area contributed by atoms with Gasteiger partial charge in [0, 0.05) is 21.5 Å². The number of benzene rings is 2. The Morgan fingerprint density at radius 3 is 2.43 bits per heavy atom. The number of anilines is 1. The molecule has 3 rings (SSSR count). The number of hydrogen-bond donors (Lipinski definition) is 2. The van der Waals surface area contributed by atoms with Crippen LogP contribution in [0.25, 0.3) is 6.08 Å². The predicted molar refractivity (Wildman–Crippen MR) is 119 cm³/mol. The van der Waals surface area contributed by atoms with Gasteiger partial charge in [-0.2, -0.15) is 0 Å². The summed E-state index contributed by atoms with van der Waals surface area (Å²) in [5, 5.41) is 5.57. The number of carbonyl (C=O) groups is 2. The molecule has 1 heterocycles. The van der Waals surface area contributed by atoms with Gasteiger partial charge in [0.2, 0.25) is 0 Å². The van der Waals surface area contributed by atoms with Crippen LogP contribution in [0.2, 0.25) is 0 Å². The lowest BCUT2D eigenvalue weighted by atomic mass is 10.1. The number of hydrogen-bond acceptors (Lipinski definition) is 3. The summed E-state index contributed by atoms with van der Waals surface area (Å²) in [6, 6.07) is 18.2. The summed E-state index contributed by atoms with van der Waals surface area (Å²) in [5.74, 6) is -0.763. The summed E-state index contributed by atoms with van der Waals surface area (Å²) < 4.78 is 0.902. The van der Waals surface area contributed by atoms with E-state index in [9.17, 15) is 9.59 Å². The van der Waals surface area contributed by atoms with Crippen LogP contribution in [0.15, 0.2) is 78.8 Å². The minimum atomic E-state index is -0.409. The largest absolute Gasteiger partial charge is 0.320 e. The minimum absolute atomic E-state index is 0.137. The van der Waals surface area contributed by atoms with Gasteiger partial charge in [-0.15, -0.1) is 0 Å². The minimum Gasteiger partial charge on any atom is -0.320 e. The van der Waals surface area contributed by atoms with Crippen LogP contribution < -0.4 is 10.6 Å². The summed E-state index contributed by atoms with van der Waals surface area (Å²) in [6.07, 6.45) is 4.87. The first kappa shape index (κ1) is 19.8. The van der Waals surface area contributed by atoms with E-state index in [0.717, 1.165) is 9.13 Å². The Kier molecular flexibility index (Phi) is 6.54. The van der Waals surface area contributed by atoms with Crippen molar-refractivity contribution >= 4 is 46.2 Å². The maximum atomic E-state index is 12.9. The van der Waals surface area contributed by atoms with Crippen LogP contribution in [0, 0.1) is 10.5 Å². The van der Waals surface area contributed by atoms with Crippen LogP contribution in [0.1, 0.15) is 21.5 Å². The quantitative estimate of drug-likeness (QED) is 0.418. The third-order valence-corrected chi connectivity index (χ3v) is 4.86. The first-order chi connectivity index (χ1) is 13.5. The lowest BCUT2D eigenvalue weighted by molar-refractivity contribution is -0.113. The van der Waals surface area contributed by atoms with Crippen molar-refractivity contribution < 1.29 is 9.59 Å². The number of amides is 2. The topological polar surface area (TPSA) is 71.1 Å². The summed E-state index contributed by atoms with van der Waals surface area (Å²) in [6.45, 7) is 1.95. The van der Waals surface area contributed by atoms with E-state index in [1.54, 1.807) is 36.7 Å². The molecule has 0 unspecified atom stereocenters. The number of rotatable bonds is 5. The van der Waals surface area contributed by atoms with Gasteiger partial charge in [0.1, 0.15) is 5.70 Å². The molecule has 0 fully saturated rings. The Morgan fingerprint density at radius 1 is 1.00 bits per heavy atom. The Morgan fingerprint density at radius 2 is 1.75 bits per heavy atom. The molecule has 2 aromatic carbocycles. The highest BCUT2D eigenvalue weighted by Gasteiger charge is 2.16. The number of nitrogens with zero attached hydrogens (tertiary/aromatic N) is 1. The maximum Gasteiger partial charge on any atom is 0.272 e. The first-order valence-corrected chi connectivity index (χ1v) is 9.66. The van der Waals surface area contributed by atoms with Crippen LogP contribution in [0.4, 0.5) is 5.69 Å². The Labute approximate surface area is 177 Å². The molecule has 1 aromatic heterocycles. The number of pyridine rings is 1. The van der Waals surface area contributed by atoms with E-state index in [1.807, 2.05) is 49.4 Å². The SMILES string of the molecule is Cc1ccc(C(=O)N/C(=C/c2cccnc2)C(=O)Nc2ccccc2I)cc1. The van der Waals surface area contributed by atoms with Crippen molar-refractivity contribution in [2.75, 3.05) is 5.32 Å². The second kappa shape index (κ2) is 9.27. The zero-order valence-corrected chi connectivity index (χ0v) is 17.3. The van der Waals surface area contributed by atoms with Gasteiger partial charge in [0.05, 0.1) is 5.69 Å². The molecule has 0 radical (unpaired) electrons. The highest BCUT2D eigenvalue weighted by molar-refractivity contribution is 14.1. The summed E-state index contributed by atoms with van der Waals surface area (Å²) >= 11 is 2.15. The van der Waals surface area contributed by atoms with E-state index in [4.69, 9.17) is 0 Å². The van der Waals surface area contributed by atoms with Gasteiger partial charge in [-0.25, -0.2) is 0 Å². The average molecular weight is 483 g/mol. The Hall–Kier alpha value is -3.00. The van der Waals surface area contributed by atoms with E-state index in [0.29, 0.717) is 16.8 Å². The lowest BCUT2D eigenvalue weighted by Crippen LogP contribution is -2.31. The zero-order chi connectivity index (χ0) is 19.9. The number of para-hydroxylation sites is 1. The van der Waals surface area contributed by atoms with Gasteiger partial charge in [-0.1, -0.05) is 35.9 Å². The van der Waals surface area contributed by atoms with Crippen molar-refractivity contribution in [3.63, 3.8) is 0 Å². The molecule has 0 bridgehead atoms. The molecule has 0 saturated heterocycles. The van der Waals surface area contributed by atoms with Gasteiger partial charge in [0.15, 0.2) is 0 Å². The molecule has 3 aromatic rings. The van der Waals surface area contributed by atoms with Crippen molar-refractivity contribution in [2.45, 2.75) is 6.92 Å². The smallest absolute Gasteiger partial charge is 0.272 e. The van der Waals surface area contributed by atoms with Crippen LogP contribution in [0.5, 0.6) is 0 Å². The molecule has 2 N–H and O–H groups in total. The van der Waals surface area contributed by atoms with Crippen molar-refractivity contribution in [1.82, 2.24) is 10.3 Å². The number of halogens is 1. The summed E-state index contributed by atoms with van der Waals surface area (Å²) in [5.41, 5.74) is 3.05. The fourth-order valence-corrected chi connectivity index (χ4v) is 2.96. The zero-order valence-electron chi connectivity index (χ0n) is 15.1. The van der Waals surface area contributed by atoms with E-state index in [-0.39, 0.29) is 11.6 Å². The fourth-order valence-electron chi connectivity index (χ4n) is 2.44. The molecule has 0 aliphatic heterocycles. The molecule has 0 saturated carbocycles. The fraction of sp³-hybridized carbons (Fsp3) is 0.0455. The molecule has 0 spiro atoms. The highest BCUT2D eigenvalue weighted by Crippen LogP contribution is 2.18.